The first-order valence-corrected chi connectivity index (χ1v) is 8.14. The molecule has 3 heteroatoms. The van der Waals surface area contributed by atoms with Crippen LogP contribution in [0, 0.1) is 5.41 Å². The average Bonchev–Trinajstić information content (AvgIpc) is 2.98. The number of aromatic nitrogens is 1. The van der Waals surface area contributed by atoms with E-state index in [-0.39, 0.29) is 6.04 Å². The third-order valence-electron chi connectivity index (χ3n) is 5.16. The summed E-state index contributed by atoms with van der Waals surface area (Å²) in [5.41, 5.74) is 9.57. The summed E-state index contributed by atoms with van der Waals surface area (Å²) >= 11 is 0. The van der Waals surface area contributed by atoms with Gasteiger partial charge in [-0.1, -0.05) is 13.8 Å². The van der Waals surface area contributed by atoms with Gasteiger partial charge in [0.05, 0.1) is 0 Å². The topological polar surface area (TPSA) is 34.2 Å². The Labute approximate surface area is 123 Å². The molecular weight excluding hydrogens is 246 g/mol. The largest absolute Gasteiger partial charge is 0.350 e. The zero-order valence-corrected chi connectivity index (χ0v) is 13.2. The molecule has 0 amide bonds. The van der Waals surface area contributed by atoms with Crippen LogP contribution in [0.15, 0.2) is 12.3 Å². The van der Waals surface area contributed by atoms with Crippen molar-refractivity contribution in [2.24, 2.45) is 11.1 Å². The highest BCUT2D eigenvalue weighted by Crippen LogP contribution is 2.40. The first-order valence-electron chi connectivity index (χ1n) is 8.14. The number of fused-ring (bicyclic) bond motifs is 1. The molecular formula is C17H29N3. The molecule has 2 aliphatic rings. The Kier molecular flexibility index (Phi) is 3.67. The van der Waals surface area contributed by atoms with E-state index in [4.69, 9.17) is 5.73 Å². The molecule has 2 atom stereocenters. The molecule has 2 unspecified atom stereocenters. The second-order valence-electron chi connectivity index (χ2n) is 7.61. The number of rotatable bonds is 3. The van der Waals surface area contributed by atoms with Gasteiger partial charge < -0.3 is 10.3 Å². The molecule has 3 nitrogen and oxygen atoms in total. The van der Waals surface area contributed by atoms with Crippen molar-refractivity contribution in [3.05, 3.63) is 23.5 Å². The molecule has 2 heterocycles. The van der Waals surface area contributed by atoms with Gasteiger partial charge in [-0.05, 0) is 62.7 Å². The van der Waals surface area contributed by atoms with E-state index in [9.17, 15) is 0 Å². The predicted molar refractivity (Wildman–Crippen MR) is 83.7 cm³/mol. The lowest BCUT2D eigenvalue weighted by Gasteiger charge is -2.35. The van der Waals surface area contributed by atoms with Gasteiger partial charge in [0.25, 0.3) is 0 Å². The molecule has 20 heavy (non-hydrogen) atoms. The Hall–Kier alpha value is -0.800. The Balaban J connectivity index is 1.78. The van der Waals surface area contributed by atoms with Crippen molar-refractivity contribution in [3.63, 3.8) is 0 Å². The van der Waals surface area contributed by atoms with Gasteiger partial charge in [0.2, 0.25) is 0 Å². The normalized spacial score (nSPS) is 27.5. The lowest BCUT2D eigenvalue weighted by molar-refractivity contribution is 0.227. The van der Waals surface area contributed by atoms with Gasteiger partial charge in [0.1, 0.15) is 0 Å². The zero-order valence-electron chi connectivity index (χ0n) is 13.2. The Morgan fingerprint density at radius 3 is 2.75 bits per heavy atom. The van der Waals surface area contributed by atoms with Crippen molar-refractivity contribution < 1.29 is 0 Å². The Morgan fingerprint density at radius 1 is 1.35 bits per heavy atom. The van der Waals surface area contributed by atoms with Gasteiger partial charge in [-0.25, -0.2) is 0 Å². The van der Waals surface area contributed by atoms with E-state index < -0.39 is 0 Å². The van der Waals surface area contributed by atoms with E-state index in [2.05, 4.69) is 42.5 Å². The van der Waals surface area contributed by atoms with E-state index in [0.29, 0.717) is 11.5 Å². The van der Waals surface area contributed by atoms with Crippen LogP contribution < -0.4 is 5.73 Å². The van der Waals surface area contributed by atoms with Gasteiger partial charge in [-0.2, -0.15) is 0 Å². The molecule has 0 aromatic carbocycles. The average molecular weight is 275 g/mol. The summed E-state index contributed by atoms with van der Waals surface area (Å²) in [4.78, 5) is 2.63. The number of nitrogens with two attached hydrogens (primary N) is 1. The van der Waals surface area contributed by atoms with E-state index in [1.807, 2.05) is 0 Å². The van der Waals surface area contributed by atoms with Crippen LogP contribution >= 0.6 is 0 Å². The van der Waals surface area contributed by atoms with E-state index in [1.165, 1.54) is 37.2 Å². The fourth-order valence-electron chi connectivity index (χ4n) is 4.05. The van der Waals surface area contributed by atoms with Crippen LogP contribution in [-0.4, -0.2) is 28.6 Å². The maximum atomic E-state index is 6.36. The van der Waals surface area contributed by atoms with E-state index >= 15 is 0 Å². The summed E-state index contributed by atoms with van der Waals surface area (Å²) < 4.78 is 2.47. The first-order chi connectivity index (χ1) is 9.46. The molecule has 1 fully saturated rings. The monoisotopic (exact) mass is 275 g/mol. The van der Waals surface area contributed by atoms with Crippen LogP contribution in [-0.2, 0) is 13.0 Å². The van der Waals surface area contributed by atoms with E-state index in [1.54, 1.807) is 0 Å². The molecule has 3 rings (SSSR count). The number of likely N-dealkylation sites (tertiary alicyclic amines) is 1. The Bertz CT molecular complexity index is 469. The summed E-state index contributed by atoms with van der Waals surface area (Å²) in [5, 5.41) is 0. The lowest BCUT2D eigenvalue weighted by Crippen LogP contribution is -2.35. The number of nitrogens with zero attached hydrogens (tertiary/aromatic N) is 2. The maximum Gasteiger partial charge on any atom is 0.0375 e. The van der Waals surface area contributed by atoms with E-state index in [0.717, 1.165) is 19.4 Å². The second-order valence-corrected chi connectivity index (χ2v) is 7.61. The molecule has 1 aromatic rings. The van der Waals surface area contributed by atoms with Gasteiger partial charge in [-0.3, -0.25) is 4.90 Å². The van der Waals surface area contributed by atoms with Crippen molar-refractivity contribution in [3.8, 4) is 0 Å². The summed E-state index contributed by atoms with van der Waals surface area (Å²) in [6, 6.07) is 3.11. The van der Waals surface area contributed by atoms with Crippen LogP contribution in [0.25, 0.3) is 0 Å². The van der Waals surface area contributed by atoms with Crippen LogP contribution in [0.2, 0.25) is 0 Å². The fourth-order valence-corrected chi connectivity index (χ4v) is 4.05. The standard InChI is InChI=1S/C17H29N3/c1-13(19-7-4-5-8-19)12-20-9-6-14-15(18)10-17(2,3)11-16(14)20/h6,9,13,15H,4-5,7-8,10-12,18H2,1-3H3. The minimum atomic E-state index is 0.220. The minimum absolute atomic E-state index is 0.220. The fraction of sp³-hybridized carbons (Fsp3) is 0.765. The second kappa shape index (κ2) is 5.19. The smallest absolute Gasteiger partial charge is 0.0375 e. The molecule has 1 aromatic heterocycles. The third kappa shape index (κ3) is 2.66. The SMILES string of the molecule is CC(Cn1ccc2c1CC(C)(C)CC2N)N1CCCC1. The minimum Gasteiger partial charge on any atom is -0.350 e. The number of hydrogen-bond donors (Lipinski definition) is 1. The third-order valence-corrected chi connectivity index (χ3v) is 5.16. The van der Waals surface area contributed by atoms with Crippen LogP contribution in [0.4, 0.5) is 0 Å². The van der Waals surface area contributed by atoms with Crippen molar-refractivity contribution in [1.82, 2.24) is 9.47 Å². The molecule has 2 N–H and O–H groups in total. The highest BCUT2D eigenvalue weighted by molar-refractivity contribution is 5.30. The molecule has 0 bridgehead atoms. The predicted octanol–water partition coefficient (Wildman–Crippen LogP) is 2.94. The summed E-state index contributed by atoms with van der Waals surface area (Å²) in [6.45, 7) is 10.7. The quantitative estimate of drug-likeness (QED) is 0.920. The van der Waals surface area contributed by atoms with Crippen molar-refractivity contribution in [2.75, 3.05) is 13.1 Å². The van der Waals surface area contributed by atoms with Gasteiger partial charge in [-0.15, -0.1) is 0 Å². The molecule has 0 saturated carbocycles. The zero-order chi connectivity index (χ0) is 14.3. The van der Waals surface area contributed by atoms with Crippen LogP contribution in [0.1, 0.15) is 57.3 Å². The molecule has 0 spiro atoms. The van der Waals surface area contributed by atoms with Crippen molar-refractivity contribution in [1.29, 1.82) is 0 Å². The highest BCUT2D eigenvalue weighted by atomic mass is 15.2. The summed E-state index contributed by atoms with van der Waals surface area (Å²) in [5.74, 6) is 0. The van der Waals surface area contributed by atoms with Crippen molar-refractivity contribution in [2.45, 2.75) is 65.1 Å². The van der Waals surface area contributed by atoms with Crippen LogP contribution in [0.5, 0.6) is 0 Å². The highest BCUT2D eigenvalue weighted by Gasteiger charge is 2.32. The molecule has 112 valence electrons. The van der Waals surface area contributed by atoms with Gasteiger partial charge in [0.15, 0.2) is 0 Å². The molecule has 1 aliphatic heterocycles. The summed E-state index contributed by atoms with van der Waals surface area (Å²) in [7, 11) is 0. The van der Waals surface area contributed by atoms with Crippen LogP contribution in [0.3, 0.4) is 0 Å². The lowest BCUT2D eigenvalue weighted by atomic mass is 9.74. The maximum absolute atomic E-state index is 6.36. The molecule has 0 radical (unpaired) electrons. The number of hydrogen-bond acceptors (Lipinski definition) is 2. The Morgan fingerprint density at radius 2 is 2.05 bits per heavy atom. The summed E-state index contributed by atoms with van der Waals surface area (Å²) in [6.07, 6.45) is 7.26. The first kappa shape index (κ1) is 14.2. The molecule has 1 saturated heterocycles. The molecule has 1 aliphatic carbocycles. The van der Waals surface area contributed by atoms with Gasteiger partial charge in [0, 0.05) is 30.5 Å². The van der Waals surface area contributed by atoms with Crippen molar-refractivity contribution >= 4 is 0 Å². The van der Waals surface area contributed by atoms with Gasteiger partial charge >= 0.3 is 0 Å².